The number of urea groups is 1. The summed E-state index contributed by atoms with van der Waals surface area (Å²) < 4.78 is 52.6. The predicted octanol–water partition coefficient (Wildman–Crippen LogP) is 5.82. The molecule has 35 heavy (non-hydrogen) atoms. The summed E-state index contributed by atoms with van der Waals surface area (Å²) in [5.74, 6) is -0.683. The summed E-state index contributed by atoms with van der Waals surface area (Å²) in [5.41, 5.74) is 0.954. The molecule has 5 rings (SSSR count). The number of imidazole rings is 1. The van der Waals surface area contributed by atoms with Gasteiger partial charge >= 0.3 is 12.2 Å². The van der Waals surface area contributed by atoms with Crippen LogP contribution in [0.2, 0.25) is 0 Å². The zero-order valence-corrected chi connectivity index (χ0v) is 17.6. The van der Waals surface area contributed by atoms with Crippen molar-refractivity contribution in [3.05, 3.63) is 88.5 Å². The van der Waals surface area contributed by atoms with Gasteiger partial charge in [-0.2, -0.15) is 13.2 Å². The minimum absolute atomic E-state index is 0.269. The van der Waals surface area contributed by atoms with Gasteiger partial charge in [0.2, 0.25) is 0 Å². The van der Waals surface area contributed by atoms with E-state index >= 15 is 0 Å². The van der Waals surface area contributed by atoms with Gasteiger partial charge in [-0.25, -0.2) is 14.2 Å². The molecule has 0 spiro atoms. The third-order valence-electron chi connectivity index (χ3n) is 5.30. The molecule has 0 radical (unpaired) electrons. The third kappa shape index (κ3) is 4.31. The lowest BCUT2D eigenvalue weighted by molar-refractivity contribution is -0.137. The van der Waals surface area contributed by atoms with E-state index in [9.17, 15) is 27.2 Å². The van der Waals surface area contributed by atoms with Gasteiger partial charge in [0, 0.05) is 16.9 Å². The number of anilines is 2. The van der Waals surface area contributed by atoms with Crippen LogP contribution in [0.5, 0.6) is 0 Å². The van der Waals surface area contributed by atoms with Gasteiger partial charge in [-0.05, 0) is 42.5 Å². The Morgan fingerprint density at radius 2 is 1.71 bits per heavy atom. The predicted molar refractivity (Wildman–Crippen MR) is 123 cm³/mol. The number of halogens is 4. The first kappa shape index (κ1) is 22.1. The average Bonchev–Trinajstić information content (AvgIpc) is 3.25. The van der Waals surface area contributed by atoms with Crippen LogP contribution in [0.4, 0.5) is 33.7 Å². The second-order valence-electron chi connectivity index (χ2n) is 7.66. The van der Waals surface area contributed by atoms with Crippen LogP contribution in [-0.4, -0.2) is 21.0 Å². The lowest BCUT2D eigenvalue weighted by Gasteiger charge is -2.11. The van der Waals surface area contributed by atoms with Crippen molar-refractivity contribution in [1.82, 2.24) is 15.0 Å². The highest BCUT2D eigenvalue weighted by Gasteiger charge is 2.31. The maximum atomic E-state index is 13.9. The van der Waals surface area contributed by atoms with Crippen LogP contribution in [-0.2, 0) is 6.18 Å². The molecule has 2 heterocycles. The number of carbonyl (C=O) groups excluding carboxylic acids is 1. The molecule has 0 fully saturated rings. The highest BCUT2D eigenvalue weighted by Crippen LogP contribution is 2.32. The monoisotopic (exact) mass is 481 g/mol. The van der Waals surface area contributed by atoms with Gasteiger partial charge < -0.3 is 20.6 Å². The van der Waals surface area contributed by atoms with E-state index < -0.39 is 29.3 Å². The van der Waals surface area contributed by atoms with Gasteiger partial charge in [-0.15, -0.1) is 0 Å². The summed E-state index contributed by atoms with van der Waals surface area (Å²) in [7, 11) is 0. The van der Waals surface area contributed by atoms with Crippen LogP contribution in [0.15, 0.2) is 71.5 Å². The summed E-state index contributed by atoms with van der Waals surface area (Å²) in [6, 6.07) is 14.4. The summed E-state index contributed by atoms with van der Waals surface area (Å²) in [6.07, 6.45) is -4.68. The van der Waals surface area contributed by atoms with Crippen LogP contribution in [0.1, 0.15) is 5.56 Å². The van der Waals surface area contributed by atoms with Crippen LogP contribution < -0.4 is 16.2 Å². The second-order valence-corrected chi connectivity index (χ2v) is 7.66. The van der Waals surface area contributed by atoms with E-state index in [2.05, 4.69) is 25.6 Å². The SMILES string of the molecule is O=C(Nc1ccc2nc(-c3c4cccccc-4[nH]c3=O)[nH]c2c1)Nc1cc(C(F)(F)F)ccc1F. The molecule has 7 nitrogen and oxygen atoms in total. The van der Waals surface area contributed by atoms with Crippen molar-refractivity contribution in [3.8, 4) is 22.6 Å². The fourth-order valence-corrected chi connectivity index (χ4v) is 3.70. The van der Waals surface area contributed by atoms with Crippen molar-refractivity contribution in [2.45, 2.75) is 6.18 Å². The van der Waals surface area contributed by atoms with E-state index in [0.717, 1.165) is 0 Å². The highest BCUT2D eigenvalue weighted by molar-refractivity contribution is 6.01. The Labute approximate surface area is 194 Å². The van der Waals surface area contributed by atoms with E-state index in [1.165, 1.54) is 12.1 Å². The fourth-order valence-electron chi connectivity index (χ4n) is 3.70. The Hall–Kier alpha value is -4.67. The third-order valence-corrected chi connectivity index (χ3v) is 5.30. The number of benzene rings is 2. The largest absolute Gasteiger partial charge is 0.416 e. The quantitative estimate of drug-likeness (QED) is 0.244. The molecule has 0 atom stereocenters. The van der Waals surface area contributed by atoms with Gasteiger partial charge in [-0.3, -0.25) is 4.79 Å². The molecule has 0 saturated heterocycles. The van der Waals surface area contributed by atoms with Crippen LogP contribution in [0.25, 0.3) is 33.7 Å². The van der Waals surface area contributed by atoms with Crippen LogP contribution in [0, 0.1) is 5.82 Å². The van der Waals surface area contributed by atoms with Crippen molar-refractivity contribution < 1.29 is 22.4 Å². The molecule has 176 valence electrons. The standard InChI is InChI=1S/C24H15F4N5O2/c25-15-8-6-12(24(26,27)28)10-18(15)33-23(35)29-13-7-9-17-19(11-13)31-21(30-17)20-14-4-2-1-3-5-16(14)32-22(20)34/h1-11H,(H,30,31)(H,32,34)(H2,29,33,35). The summed E-state index contributed by atoms with van der Waals surface area (Å²) in [4.78, 5) is 35.1. The Morgan fingerprint density at radius 3 is 2.51 bits per heavy atom. The van der Waals surface area contributed by atoms with Crippen LogP contribution >= 0.6 is 0 Å². The lowest BCUT2D eigenvalue weighted by atomic mass is 10.1. The lowest BCUT2D eigenvalue weighted by Crippen LogP contribution is -2.20. The van der Waals surface area contributed by atoms with Crippen LogP contribution in [0.3, 0.4) is 0 Å². The number of alkyl halides is 3. The molecular formula is C24H15F4N5O2. The number of rotatable bonds is 3. The summed E-state index contributed by atoms with van der Waals surface area (Å²) in [6.45, 7) is 0. The van der Waals surface area contributed by atoms with E-state index in [-0.39, 0.29) is 11.2 Å². The Balaban J connectivity index is 1.40. The Bertz CT molecular complexity index is 1610. The fraction of sp³-hybridized carbons (Fsp3) is 0.0417. The molecule has 0 unspecified atom stereocenters. The molecule has 0 saturated carbocycles. The zero-order chi connectivity index (χ0) is 24.7. The zero-order valence-electron chi connectivity index (χ0n) is 17.6. The molecule has 11 heteroatoms. The molecule has 1 aliphatic carbocycles. The maximum Gasteiger partial charge on any atom is 0.416 e. The molecular weight excluding hydrogens is 466 g/mol. The molecule has 2 aromatic carbocycles. The molecule has 1 aliphatic heterocycles. The number of hydrogen-bond acceptors (Lipinski definition) is 3. The van der Waals surface area contributed by atoms with E-state index in [1.54, 1.807) is 30.3 Å². The van der Waals surface area contributed by atoms with Gasteiger partial charge in [0.05, 0.1) is 27.8 Å². The first-order valence-corrected chi connectivity index (χ1v) is 10.2. The topological polar surface area (TPSA) is 103 Å². The van der Waals surface area contributed by atoms with Gasteiger partial charge in [0.1, 0.15) is 11.6 Å². The Kier molecular flexibility index (Phi) is 5.24. The first-order chi connectivity index (χ1) is 16.7. The molecule has 0 bridgehead atoms. The van der Waals surface area contributed by atoms with Crippen molar-refractivity contribution in [1.29, 1.82) is 0 Å². The Morgan fingerprint density at radius 1 is 0.914 bits per heavy atom. The maximum absolute atomic E-state index is 13.9. The number of hydrogen-bond donors (Lipinski definition) is 4. The molecule has 3 aromatic rings. The smallest absolute Gasteiger partial charge is 0.338 e. The number of carbonyl (C=O) groups is 1. The number of fused-ring (bicyclic) bond motifs is 2. The molecule has 2 aliphatic rings. The van der Waals surface area contributed by atoms with Gasteiger partial charge in [0.15, 0.2) is 0 Å². The minimum Gasteiger partial charge on any atom is -0.338 e. The molecule has 2 amide bonds. The number of aromatic nitrogens is 3. The number of nitrogens with one attached hydrogen (secondary N) is 4. The van der Waals surface area contributed by atoms with Crippen molar-refractivity contribution in [2.75, 3.05) is 10.6 Å². The van der Waals surface area contributed by atoms with Gasteiger partial charge in [0.25, 0.3) is 5.56 Å². The number of H-pyrrole nitrogens is 2. The molecule has 1 aromatic heterocycles. The van der Waals surface area contributed by atoms with Gasteiger partial charge in [-0.1, -0.05) is 24.3 Å². The average molecular weight is 481 g/mol. The number of aromatic amines is 2. The van der Waals surface area contributed by atoms with Crippen molar-refractivity contribution in [3.63, 3.8) is 0 Å². The van der Waals surface area contributed by atoms with E-state index in [4.69, 9.17) is 0 Å². The van der Waals surface area contributed by atoms with Crippen molar-refractivity contribution in [2.24, 2.45) is 0 Å². The second kappa shape index (κ2) is 8.28. The normalized spacial score (nSPS) is 11.7. The van der Waals surface area contributed by atoms with Crippen molar-refractivity contribution >= 4 is 28.4 Å². The minimum atomic E-state index is -4.68. The van der Waals surface area contributed by atoms with E-state index in [1.807, 2.05) is 6.07 Å². The molecule has 4 N–H and O–H groups in total. The highest BCUT2D eigenvalue weighted by atomic mass is 19.4. The number of nitrogens with zero attached hydrogens (tertiary/aromatic N) is 1. The number of amides is 2. The summed E-state index contributed by atoms with van der Waals surface area (Å²) >= 11 is 0. The van der Waals surface area contributed by atoms with E-state index in [0.29, 0.717) is 51.9 Å². The first-order valence-electron chi connectivity index (χ1n) is 10.2. The summed E-state index contributed by atoms with van der Waals surface area (Å²) in [5, 5.41) is 4.52.